The van der Waals surface area contributed by atoms with Crippen molar-refractivity contribution >= 4 is 21.5 Å². The Hall–Kier alpha value is -1.74. The standard InChI is InChI=1S/C11H16N4O4S/c1-20(18,19)14-6-2-3-9(8-14)13-11-5-4-10(7-12-11)15(16)17/h4-5,7,9H,2-3,6,8H2,1H3,(H,12,13)/t9-/m0/s1. The lowest BCUT2D eigenvalue weighted by atomic mass is 10.1. The topological polar surface area (TPSA) is 105 Å². The molecule has 1 N–H and O–H groups in total. The van der Waals surface area contributed by atoms with Crippen LogP contribution in [0, 0.1) is 10.1 Å². The van der Waals surface area contributed by atoms with E-state index in [2.05, 4.69) is 10.3 Å². The maximum atomic E-state index is 11.5. The predicted octanol–water partition coefficient (Wildman–Crippen LogP) is 0.826. The minimum Gasteiger partial charge on any atom is -0.366 e. The molecule has 0 aromatic carbocycles. The highest BCUT2D eigenvalue weighted by Gasteiger charge is 2.25. The van der Waals surface area contributed by atoms with E-state index in [0.29, 0.717) is 18.9 Å². The third-order valence-corrected chi connectivity index (χ3v) is 4.43. The van der Waals surface area contributed by atoms with Gasteiger partial charge >= 0.3 is 0 Å². The molecule has 0 spiro atoms. The summed E-state index contributed by atoms with van der Waals surface area (Å²) in [6.07, 6.45) is 3.99. The Morgan fingerprint density at radius 2 is 2.25 bits per heavy atom. The summed E-state index contributed by atoms with van der Waals surface area (Å²) < 4.78 is 24.5. The summed E-state index contributed by atoms with van der Waals surface area (Å²) in [5.74, 6) is 0.510. The van der Waals surface area contributed by atoms with Gasteiger partial charge in [-0.2, -0.15) is 0 Å². The molecule has 2 heterocycles. The average Bonchev–Trinajstić information content (AvgIpc) is 2.38. The molecule has 1 saturated heterocycles. The first kappa shape index (κ1) is 14.7. The fourth-order valence-corrected chi connectivity index (χ4v) is 3.06. The van der Waals surface area contributed by atoms with Crippen molar-refractivity contribution in [2.45, 2.75) is 18.9 Å². The van der Waals surface area contributed by atoms with Crippen LogP contribution in [0.3, 0.4) is 0 Å². The van der Waals surface area contributed by atoms with Crippen molar-refractivity contribution < 1.29 is 13.3 Å². The fraction of sp³-hybridized carbons (Fsp3) is 0.545. The van der Waals surface area contributed by atoms with Gasteiger partial charge in [0.15, 0.2) is 0 Å². The van der Waals surface area contributed by atoms with Crippen LogP contribution >= 0.6 is 0 Å². The molecule has 8 nitrogen and oxygen atoms in total. The molecule has 1 aliphatic heterocycles. The summed E-state index contributed by atoms with van der Waals surface area (Å²) in [7, 11) is -3.19. The van der Waals surface area contributed by atoms with Gasteiger partial charge in [0.2, 0.25) is 10.0 Å². The summed E-state index contributed by atoms with van der Waals surface area (Å²) in [5.41, 5.74) is -0.0723. The van der Waals surface area contributed by atoms with E-state index in [0.717, 1.165) is 12.8 Å². The monoisotopic (exact) mass is 300 g/mol. The van der Waals surface area contributed by atoms with Crippen molar-refractivity contribution in [3.8, 4) is 0 Å². The lowest BCUT2D eigenvalue weighted by Crippen LogP contribution is -2.44. The number of pyridine rings is 1. The zero-order valence-electron chi connectivity index (χ0n) is 11.0. The molecule has 1 aromatic rings. The minimum atomic E-state index is -3.19. The van der Waals surface area contributed by atoms with Crippen LogP contribution < -0.4 is 5.32 Å². The molecule has 2 rings (SSSR count). The van der Waals surface area contributed by atoms with Crippen LogP contribution in [0.5, 0.6) is 0 Å². The van der Waals surface area contributed by atoms with Crippen molar-refractivity contribution in [2.75, 3.05) is 24.7 Å². The molecule has 0 amide bonds. The van der Waals surface area contributed by atoms with E-state index in [9.17, 15) is 18.5 Å². The van der Waals surface area contributed by atoms with Gasteiger partial charge in [0.25, 0.3) is 5.69 Å². The van der Waals surface area contributed by atoms with E-state index >= 15 is 0 Å². The first-order chi connectivity index (χ1) is 9.36. The summed E-state index contributed by atoms with van der Waals surface area (Å²) >= 11 is 0. The van der Waals surface area contributed by atoms with Crippen molar-refractivity contribution in [1.29, 1.82) is 0 Å². The second-order valence-corrected chi connectivity index (χ2v) is 6.75. The van der Waals surface area contributed by atoms with Crippen molar-refractivity contribution in [3.63, 3.8) is 0 Å². The summed E-state index contributed by atoms with van der Waals surface area (Å²) in [5, 5.41) is 13.6. The van der Waals surface area contributed by atoms with Gasteiger partial charge in [0.1, 0.15) is 12.0 Å². The number of aromatic nitrogens is 1. The number of hydrogen-bond donors (Lipinski definition) is 1. The molecular formula is C11H16N4O4S. The quantitative estimate of drug-likeness (QED) is 0.652. The maximum absolute atomic E-state index is 11.5. The Morgan fingerprint density at radius 3 is 2.80 bits per heavy atom. The van der Waals surface area contributed by atoms with Crippen LogP contribution in [0.15, 0.2) is 18.3 Å². The number of nitrogens with zero attached hydrogens (tertiary/aromatic N) is 3. The van der Waals surface area contributed by atoms with Gasteiger partial charge < -0.3 is 5.32 Å². The number of hydrogen-bond acceptors (Lipinski definition) is 6. The molecule has 20 heavy (non-hydrogen) atoms. The zero-order chi connectivity index (χ0) is 14.8. The average molecular weight is 300 g/mol. The number of piperidine rings is 1. The molecule has 110 valence electrons. The van der Waals surface area contributed by atoms with E-state index in [1.165, 1.54) is 28.9 Å². The van der Waals surface area contributed by atoms with Crippen LogP contribution in [0.1, 0.15) is 12.8 Å². The zero-order valence-corrected chi connectivity index (χ0v) is 11.8. The SMILES string of the molecule is CS(=O)(=O)N1CCC[C@H](Nc2ccc([N+](=O)[O-])cn2)C1. The number of rotatable bonds is 4. The second-order valence-electron chi connectivity index (χ2n) is 4.76. The number of nitrogens with one attached hydrogen (secondary N) is 1. The third kappa shape index (κ3) is 3.64. The Kier molecular flexibility index (Phi) is 4.19. The van der Waals surface area contributed by atoms with Crippen molar-refractivity contribution in [3.05, 3.63) is 28.4 Å². The molecule has 0 unspecified atom stereocenters. The van der Waals surface area contributed by atoms with Gasteiger partial charge in [-0.15, -0.1) is 0 Å². The Morgan fingerprint density at radius 1 is 1.50 bits per heavy atom. The predicted molar refractivity (Wildman–Crippen MR) is 74.0 cm³/mol. The summed E-state index contributed by atoms with van der Waals surface area (Å²) in [6.45, 7) is 0.919. The molecule has 1 aromatic heterocycles. The second kappa shape index (κ2) is 5.71. The van der Waals surface area contributed by atoms with E-state index in [4.69, 9.17) is 0 Å². The van der Waals surface area contributed by atoms with E-state index in [1.807, 2.05) is 0 Å². The molecule has 0 bridgehead atoms. The number of sulfonamides is 1. The molecule has 0 aliphatic carbocycles. The van der Waals surface area contributed by atoms with Crippen molar-refractivity contribution in [2.24, 2.45) is 0 Å². The number of nitro groups is 1. The highest BCUT2D eigenvalue weighted by molar-refractivity contribution is 7.88. The lowest BCUT2D eigenvalue weighted by Gasteiger charge is -2.31. The fourth-order valence-electron chi connectivity index (χ4n) is 2.15. The first-order valence-corrected chi connectivity index (χ1v) is 8.03. The normalized spacial score (nSPS) is 20.6. The highest BCUT2D eigenvalue weighted by atomic mass is 32.2. The van der Waals surface area contributed by atoms with Gasteiger partial charge in [0.05, 0.1) is 11.2 Å². The smallest absolute Gasteiger partial charge is 0.287 e. The van der Waals surface area contributed by atoms with Gasteiger partial charge in [-0.05, 0) is 18.9 Å². The summed E-state index contributed by atoms with van der Waals surface area (Å²) in [6, 6.07) is 2.86. The van der Waals surface area contributed by atoms with E-state index in [-0.39, 0.29) is 11.7 Å². The van der Waals surface area contributed by atoms with Gasteiger partial charge in [-0.1, -0.05) is 0 Å². The van der Waals surface area contributed by atoms with Gasteiger partial charge in [0, 0.05) is 25.2 Å². The van der Waals surface area contributed by atoms with Gasteiger partial charge in [-0.3, -0.25) is 10.1 Å². The largest absolute Gasteiger partial charge is 0.366 e. The molecule has 9 heteroatoms. The first-order valence-electron chi connectivity index (χ1n) is 6.18. The van der Waals surface area contributed by atoms with Crippen LogP contribution in [0.4, 0.5) is 11.5 Å². The van der Waals surface area contributed by atoms with Crippen LogP contribution in [-0.4, -0.2) is 48.0 Å². The lowest BCUT2D eigenvalue weighted by molar-refractivity contribution is -0.385. The summed E-state index contributed by atoms with van der Waals surface area (Å²) in [4.78, 5) is 14.0. The minimum absolute atomic E-state index is 0.0348. The number of anilines is 1. The molecule has 1 fully saturated rings. The molecular weight excluding hydrogens is 284 g/mol. The van der Waals surface area contributed by atoms with Crippen LogP contribution in [-0.2, 0) is 10.0 Å². The van der Waals surface area contributed by atoms with Crippen molar-refractivity contribution in [1.82, 2.24) is 9.29 Å². The Labute approximate surface area is 117 Å². The maximum Gasteiger partial charge on any atom is 0.287 e. The van der Waals surface area contributed by atoms with Gasteiger partial charge in [-0.25, -0.2) is 17.7 Å². The molecule has 1 atom stereocenters. The van der Waals surface area contributed by atoms with E-state index < -0.39 is 14.9 Å². The highest BCUT2D eigenvalue weighted by Crippen LogP contribution is 2.18. The Bertz CT molecular complexity index is 587. The molecule has 0 radical (unpaired) electrons. The Balaban J connectivity index is 2.01. The van der Waals surface area contributed by atoms with Crippen LogP contribution in [0.2, 0.25) is 0 Å². The van der Waals surface area contributed by atoms with E-state index in [1.54, 1.807) is 0 Å². The third-order valence-electron chi connectivity index (χ3n) is 3.16. The molecule has 1 aliphatic rings. The molecule has 0 saturated carbocycles. The van der Waals surface area contributed by atoms with Crippen LogP contribution in [0.25, 0.3) is 0 Å².